The van der Waals surface area contributed by atoms with Gasteiger partial charge >= 0.3 is 0 Å². The maximum Gasteiger partial charge on any atom is 0.291 e. The van der Waals surface area contributed by atoms with Crippen LogP contribution in [-0.2, 0) is 16.1 Å². The molecule has 0 aromatic carbocycles. The fourth-order valence-electron chi connectivity index (χ4n) is 3.48. The van der Waals surface area contributed by atoms with E-state index in [-0.39, 0.29) is 23.1 Å². The summed E-state index contributed by atoms with van der Waals surface area (Å²) in [5, 5.41) is 6.19. The number of hydrogen-bond acceptors (Lipinski definition) is 5. The molecule has 3 rings (SSSR count). The van der Waals surface area contributed by atoms with E-state index in [0.29, 0.717) is 6.54 Å². The summed E-state index contributed by atoms with van der Waals surface area (Å²) in [5.41, 5.74) is -0.426. The minimum absolute atomic E-state index is 0.187. The Balaban J connectivity index is 1.80. The van der Waals surface area contributed by atoms with Crippen molar-refractivity contribution in [3.63, 3.8) is 0 Å². The molecule has 1 aliphatic heterocycles. The second-order valence-electron chi connectivity index (χ2n) is 7.77. The van der Waals surface area contributed by atoms with Crippen LogP contribution in [0.4, 0.5) is 0 Å². The van der Waals surface area contributed by atoms with Crippen LogP contribution < -0.4 is 5.32 Å². The Hall–Kier alpha value is -1.27. The van der Waals surface area contributed by atoms with E-state index in [9.17, 15) is 9.59 Å². The molecule has 126 valence electrons. The Kier molecular flexibility index (Phi) is 4.31. The topological polar surface area (TPSA) is 62.3 Å². The molecule has 0 radical (unpaired) electrons. The summed E-state index contributed by atoms with van der Waals surface area (Å²) >= 11 is 1.54. The number of thiazole rings is 1. The lowest BCUT2D eigenvalue weighted by Gasteiger charge is -2.30. The predicted octanol–water partition coefficient (Wildman–Crippen LogP) is 2.23. The number of nitrogens with zero attached hydrogens (tertiary/aromatic N) is 2. The van der Waals surface area contributed by atoms with Crippen LogP contribution in [0.25, 0.3) is 0 Å². The third kappa shape index (κ3) is 3.33. The Bertz CT molecular complexity index is 585. The van der Waals surface area contributed by atoms with Gasteiger partial charge in [0.15, 0.2) is 0 Å². The predicted molar refractivity (Wildman–Crippen MR) is 90.1 cm³/mol. The van der Waals surface area contributed by atoms with Gasteiger partial charge in [-0.15, -0.1) is 11.3 Å². The highest BCUT2D eigenvalue weighted by molar-refractivity contribution is 7.09. The number of amides is 1. The molecule has 1 aromatic heterocycles. The van der Waals surface area contributed by atoms with E-state index in [4.69, 9.17) is 0 Å². The van der Waals surface area contributed by atoms with Crippen LogP contribution in [0.3, 0.4) is 0 Å². The molecular formula is C17H25N3O2S. The first-order valence-corrected chi connectivity index (χ1v) is 9.16. The third-order valence-electron chi connectivity index (χ3n) is 5.05. The van der Waals surface area contributed by atoms with E-state index < -0.39 is 5.41 Å². The van der Waals surface area contributed by atoms with E-state index in [1.54, 1.807) is 11.1 Å². The molecule has 2 aliphatic rings. The van der Waals surface area contributed by atoms with E-state index in [1.165, 1.54) is 11.3 Å². The molecule has 1 saturated carbocycles. The number of nitrogens with one attached hydrogen (secondary N) is 1. The van der Waals surface area contributed by atoms with Crippen molar-refractivity contribution in [1.29, 1.82) is 0 Å². The zero-order chi connectivity index (χ0) is 16.7. The average molecular weight is 335 g/mol. The van der Waals surface area contributed by atoms with Crippen molar-refractivity contribution in [2.24, 2.45) is 10.8 Å². The van der Waals surface area contributed by atoms with Crippen molar-refractivity contribution >= 4 is 23.0 Å². The van der Waals surface area contributed by atoms with Gasteiger partial charge in [-0.3, -0.25) is 9.59 Å². The summed E-state index contributed by atoms with van der Waals surface area (Å²) in [6, 6.07) is 0.187. The third-order valence-corrected chi connectivity index (χ3v) is 5.81. The zero-order valence-electron chi connectivity index (χ0n) is 14.1. The summed E-state index contributed by atoms with van der Waals surface area (Å²) < 4.78 is 0. The highest BCUT2D eigenvalue weighted by atomic mass is 32.1. The maximum absolute atomic E-state index is 12.9. The van der Waals surface area contributed by atoms with E-state index in [1.807, 2.05) is 26.2 Å². The monoisotopic (exact) mass is 335 g/mol. The minimum atomic E-state index is -0.644. The summed E-state index contributed by atoms with van der Waals surface area (Å²) in [4.78, 5) is 31.5. The van der Waals surface area contributed by atoms with Crippen LogP contribution in [0.15, 0.2) is 11.6 Å². The normalized spacial score (nSPS) is 22.8. The van der Waals surface area contributed by atoms with E-state index in [2.05, 4.69) is 10.3 Å². The molecule has 1 unspecified atom stereocenters. The van der Waals surface area contributed by atoms with Crippen LogP contribution in [0.1, 0.15) is 45.0 Å². The number of Topliss-reactive ketones (excluding diaryl/α,β-unsaturated/α-hetero) is 1. The molecule has 1 aliphatic carbocycles. The largest absolute Gasteiger partial charge is 0.326 e. The average Bonchev–Trinajstić information content (AvgIpc) is 2.96. The fraction of sp³-hybridized carbons (Fsp3) is 0.706. The van der Waals surface area contributed by atoms with Gasteiger partial charge < -0.3 is 10.2 Å². The zero-order valence-corrected chi connectivity index (χ0v) is 14.9. The number of aromatic nitrogens is 1. The maximum atomic E-state index is 12.9. The molecule has 23 heavy (non-hydrogen) atoms. The summed E-state index contributed by atoms with van der Waals surface area (Å²) in [6.45, 7) is 7.89. The first kappa shape index (κ1) is 16.6. The summed E-state index contributed by atoms with van der Waals surface area (Å²) in [5.74, 6) is -0.641. The number of carbonyl (C=O) groups is 2. The van der Waals surface area contributed by atoms with Gasteiger partial charge in [0.2, 0.25) is 5.78 Å². The quantitative estimate of drug-likeness (QED) is 0.857. The first-order valence-electron chi connectivity index (χ1n) is 8.28. The summed E-state index contributed by atoms with van der Waals surface area (Å²) in [7, 11) is 0. The van der Waals surface area contributed by atoms with Gasteiger partial charge in [-0.1, -0.05) is 20.8 Å². The van der Waals surface area contributed by atoms with E-state index in [0.717, 1.165) is 37.4 Å². The van der Waals surface area contributed by atoms with Crippen LogP contribution >= 0.6 is 11.3 Å². The number of rotatable bonds is 4. The Labute approximate surface area is 141 Å². The Morgan fingerprint density at radius 2 is 2.09 bits per heavy atom. The lowest BCUT2D eigenvalue weighted by atomic mass is 9.89. The van der Waals surface area contributed by atoms with Crippen molar-refractivity contribution < 1.29 is 9.59 Å². The van der Waals surface area contributed by atoms with Crippen molar-refractivity contribution in [3.8, 4) is 0 Å². The van der Waals surface area contributed by atoms with Crippen LogP contribution in [0, 0.1) is 10.8 Å². The van der Waals surface area contributed by atoms with Crippen molar-refractivity contribution in [2.45, 2.75) is 52.6 Å². The van der Waals surface area contributed by atoms with Crippen molar-refractivity contribution in [3.05, 3.63) is 16.6 Å². The van der Waals surface area contributed by atoms with Crippen molar-refractivity contribution in [2.75, 3.05) is 13.1 Å². The SMILES string of the molecule is CC(C)(C)C(=O)C(=O)N(Cc1nccs1)C1CC12CCNCC2. The molecule has 0 bridgehead atoms. The van der Waals surface area contributed by atoms with E-state index >= 15 is 0 Å². The van der Waals surface area contributed by atoms with Crippen LogP contribution in [0.2, 0.25) is 0 Å². The van der Waals surface area contributed by atoms with Gasteiger partial charge in [0.1, 0.15) is 5.01 Å². The molecule has 1 spiro atoms. The molecule has 2 heterocycles. The highest BCUT2D eigenvalue weighted by Crippen LogP contribution is 2.56. The second kappa shape index (κ2) is 5.98. The molecule has 5 nitrogen and oxygen atoms in total. The number of piperidine rings is 1. The lowest BCUT2D eigenvalue weighted by molar-refractivity contribution is -0.150. The molecular weight excluding hydrogens is 310 g/mol. The summed E-state index contributed by atoms with van der Waals surface area (Å²) in [6.07, 6.45) is 4.94. The molecule has 1 aromatic rings. The van der Waals surface area contributed by atoms with Crippen LogP contribution in [0.5, 0.6) is 0 Å². The van der Waals surface area contributed by atoms with Gasteiger partial charge in [-0.05, 0) is 37.8 Å². The highest BCUT2D eigenvalue weighted by Gasteiger charge is 2.58. The van der Waals surface area contributed by atoms with Gasteiger partial charge in [0.05, 0.1) is 6.54 Å². The fourth-order valence-corrected chi connectivity index (χ4v) is 4.09. The molecule has 1 N–H and O–H groups in total. The minimum Gasteiger partial charge on any atom is -0.326 e. The molecule has 6 heteroatoms. The standard InChI is InChI=1S/C17H25N3O2S/c1-16(2,3)14(21)15(22)20(11-13-19-8-9-23-13)12-10-17(12)4-6-18-7-5-17/h8-9,12,18H,4-7,10-11H2,1-3H3. The number of ketones is 1. The molecule has 1 atom stereocenters. The Morgan fingerprint density at radius 3 is 2.65 bits per heavy atom. The van der Waals surface area contributed by atoms with Gasteiger partial charge in [-0.2, -0.15) is 0 Å². The second-order valence-corrected chi connectivity index (χ2v) is 8.75. The molecule has 1 amide bonds. The lowest BCUT2D eigenvalue weighted by Crippen LogP contribution is -2.45. The van der Waals surface area contributed by atoms with Gasteiger partial charge in [0.25, 0.3) is 5.91 Å². The number of carbonyl (C=O) groups excluding carboxylic acids is 2. The van der Waals surface area contributed by atoms with Crippen molar-refractivity contribution in [1.82, 2.24) is 15.2 Å². The van der Waals surface area contributed by atoms with Gasteiger partial charge in [0, 0.05) is 23.0 Å². The Morgan fingerprint density at radius 1 is 1.39 bits per heavy atom. The van der Waals surface area contributed by atoms with Gasteiger partial charge in [-0.25, -0.2) is 4.98 Å². The smallest absolute Gasteiger partial charge is 0.291 e. The molecule has 1 saturated heterocycles. The first-order chi connectivity index (χ1) is 10.8. The number of hydrogen-bond donors (Lipinski definition) is 1. The van der Waals surface area contributed by atoms with Crippen LogP contribution in [-0.4, -0.2) is 40.7 Å². The molecule has 2 fully saturated rings.